The van der Waals surface area contributed by atoms with Crippen molar-refractivity contribution in [3.8, 4) is 0 Å². The summed E-state index contributed by atoms with van der Waals surface area (Å²) in [4.78, 5) is 12.1. The minimum absolute atomic E-state index is 0.238. The Bertz CT molecular complexity index is 633. The summed E-state index contributed by atoms with van der Waals surface area (Å²) in [6, 6.07) is 12.6. The topological polar surface area (TPSA) is 38.3 Å². The number of rotatable bonds is 5. The monoisotopic (exact) mass is 351 g/mol. The normalized spacial score (nSPS) is 11.8. The van der Waals surface area contributed by atoms with Crippen LogP contribution in [0.25, 0.3) is 0 Å². The smallest absolute Gasteiger partial charge is 0.333 e. The number of carbonyl (C=O) groups is 1. The first-order valence-corrected chi connectivity index (χ1v) is 7.35. The van der Waals surface area contributed by atoms with Gasteiger partial charge in [0.15, 0.2) is 6.04 Å². The number of benzene rings is 2. The lowest BCUT2D eigenvalue weighted by Gasteiger charge is -2.20. The zero-order chi connectivity index (χ0) is 15.2. The predicted octanol–water partition coefficient (Wildman–Crippen LogP) is 4.30. The van der Waals surface area contributed by atoms with Crippen molar-refractivity contribution in [2.75, 3.05) is 11.9 Å². The molecule has 0 aliphatic carbocycles. The summed E-state index contributed by atoms with van der Waals surface area (Å²) < 4.78 is 19.8. The average Bonchev–Trinajstić information content (AvgIpc) is 2.48. The van der Waals surface area contributed by atoms with Crippen molar-refractivity contribution in [3.05, 3.63) is 64.4 Å². The average molecular weight is 352 g/mol. The minimum atomic E-state index is -0.898. The van der Waals surface area contributed by atoms with Gasteiger partial charge < -0.3 is 10.1 Å². The Balaban J connectivity index is 2.36. The van der Waals surface area contributed by atoms with Gasteiger partial charge in [0, 0.05) is 15.7 Å². The molecule has 2 aromatic rings. The van der Waals surface area contributed by atoms with Gasteiger partial charge >= 0.3 is 5.97 Å². The zero-order valence-corrected chi connectivity index (χ0v) is 13.1. The van der Waals surface area contributed by atoms with Crippen molar-refractivity contribution in [3.63, 3.8) is 0 Å². The van der Waals surface area contributed by atoms with Crippen LogP contribution in [0.3, 0.4) is 0 Å². The molecular formula is C16H15BrFNO2. The summed E-state index contributed by atoms with van der Waals surface area (Å²) in [5.74, 6) is -0.964. The summed E-state index contributed by atoms with van der Waals surface area (Å²) in [7, 11) is 0. The third-order valence-electron chi connectivity index (χ3n) is 2.91. The molecule has 2 aromatic carbocycles. The summed E-state index contributed by atoms with van der Waals surface area (Å²) in [6.07, 6.45) is 0. The quantitative estimate of drug-likeness (QED) is 0.816. The number of para-hydroxylation sites is 1. The molecule has 0 bridgehead atoms. The maximum atomic E-state index is 14.0. The minimum Gasteiger partial charge on any atom is -0.464 e. The number of esters is 1. The number of halogens is 2. The lowest BCUT2D eigenvalue weighted by atomic mass is 10.1. The van der Waals surface area contributed by atoms with E-state index in [9.17, 15) is 9.18 Å². The van der Waals surface area contributed by atoms with Gasteiger partial charge in [0.05, 0.1) is 6.61 Å². The first kappa shape index (κ1) is 15.5. The van der Waals surface area contributed by atoms with Gasteiger partial charge in [-0.3, -0.25) is 0 Å². The number of nitrogens with one attached hydrogen (secondary N) is 1. The van der Waals surface area contributed by atoms with E-state index in [-0.39, 0.29) is 12.2 Å². The molecule has 0 aliphatic rings. The van der Waals surface area contributed by atoms with E-state index in [2.05, 4.69) is 21.2 Å². The lowest BCUT2D eigenvalue weighted by Crippen LogP contribution is -2.24. The zero-order valence-electron chi connectivity index (χ0n) is 11.5. The lowest BCUT2D eigenvalue weighted by molar-refractivity contribution is -0.144. The van der Waals surface area contributed by atoms with Gasteiger partial charge in [-0.25, -0.2) is 9.18 Å². The maximum absolute atomic E-state index is 14.0. The van der Waals surface area contributed by atoms with Crippen LogP contribution in [0.1, 0.15) is 18.5 Å². The molecular weight excluding hydrogens is 337 g/mol. The van der Waals surface area contributed by atoms with Crippen molar-refractivity contribution < 1.29 is 13.9 Å². The fourth-order valence-corrected chi connectivity index (χ4v) is 2.33. The Morgan fingerprint density at radius 1 is 1.24 bits per heavy atom. The first-order chi connectivity index (χ1) is 10.1. The van der Waals surface area contributed by atoms with Crippen LogP contribution in [-0.2, 0) is 9.53 Å². The number of hydrogen-bond donors (Lipinski definition) is 1. The Morgan fingerprint density at radius 3 is 2.57 bits per heavy atom. The van der Waals surface area contributed by atoms with E-state index in [0.29, 0.717) is 5.69 Å². The molecule has 21 heavy (non-hydrogen) atoms. The van der Waals surface area contributed by atoms with E-state index in [0.717, 1.165) is 4.47 Å². The van der Waals surface area contributed by atoms with Crippen LogP contribution in [0.5, 0.6) is 0 Å². The Kier molecular flexibility index (Phi) is 5.33. The highest BCUT2D eigenvalue weighted by molar-refractivity contribution is 9.10. The Labute approximate surface area is 131 Å². The summed E-state index contributed by atoms with van der Waals surface area (Å²) >= 11 is 3.40. The van der Waals surface area contributed by atoms with Gasteiger partial charge in [-0.2, -0.15) is 0 Å². The molecule has 0 heterocycles. The highest BCUT2D eigenvalue weighted by Gasteiger charge is 2.25. The summed E-state index contributed by atoms with van der Waals surface area (Å²) in [5, 5.41) is 3.03. The second-order valence-electron chi connectivity index (χ2n) is 4.33. The van der Waals surface area contributed by atoms with Gasteiger partial charge in [0.1, 0.15) is 5.82 Å². The summed E-state index contributed by atoms with van der Waals surface area (Å²) in [6.45, 7) is 1.95. The van der Waals surface area contributed by atoms with Crippen molar-refractivity contribution in [1.29, 1.82) is 0 Å². The van der Waals surface area contributed by atoms with Gasteiger partial charge in [-0.1, -0.05) is 30.3 Å². The van der Waals surface area contributed by atoms with Crippen LogP contribution in [0.2, 0.25) is 0 Å². The highest BCUT2D eigenvalue weighted by atomic mass is 79.9. The van der Waals surface area contributed by atoms with Crippen molar-refractivity contribution >= 4 is 27.6 Å². The standard InChI is InChI=1S/C16H15BrFNO2/c1-2-21-16(20)15(11-7-3-5-9-13(11)18)19-14-10-6-4-8-12(14)17/h3-10,15,19H,2H2,1H3. The first-order valence-electron chi connectivity index (χ1n) is 6.55. The predicted molar refractivity (Wildman–Crippen MR) is 83.5 cm³/mol. The molecule has 0 saturated carbocycles. The van der Waals surface area contributed by atoms with Gasteiger partial charge in [-0.15, -0.1) is 0 Å². The van der Waals surface area contributed by atoms with E-state index >= 15 is 0 Å². The molecule has 0 aliphatic heterocycles. The number of anilines is 1. The molecule has 0 saturated heterocycles. The maximum Gasteiger partial charge on any atom is 0.333 e. The van der Waals surface area contributed by atoms with E-state index in [1.807, 2.05) is 18.2 Å². The van der Waals surface area contributed by atoms with Crippen LogP contribution in [-0.4, -0.2) is 12.6 Å². The fourth-order valence-electron chi connectivity index (χ4n) is 1.93. The van der Waals surface area contributed by atoms with Gasteiger partial charge in [0.25, 0.3) is 0 Å². The molecule has 1 unspecified atom stereocenters. The molecule has 1 atom stereocenters. The molecule has 0 amide bonds. The third-order valence-corrected chi connectivity index (χ3v) is 3.60. The highest BCUT2D eigenvalue weighted by Crippen LogP contribution is 2.28. The van der Waals surface area contributed by atoms with E-state index in [4.69, 9.17) is 4.74 Å². The molecule has 0 fully saturated rings. The number of hydrogen-bond acceptors (Lipinski definition) is 3. The number of carbonyl (C=O) groups excluding carboxylic acids is 1. The molecule has 0 radical (unpaired) electrons. The van der Waals surface area contributed by atoms with Crippen molar-refractivity contribution in [2.24, 2.45) is 0 Å². The SMILES string of the molecule is CCOC(=O)C(Nc1ccccc1Br)c1ccccc1F. The third kappa shape index (κ3) is 3.82. The largest absolute Gasteiger partial charge is 0.464 e. The van der Waals surface area contributed by atoms with Gasteiger partial charge in [0.2, 0.25) is 0 Å². The Hall–Kier alpha value is -1.88. The molecule has 1 N–H and O–H groups in total. The van der Waals surface area contributed by atoms with Crippen LogP contribution < -0.4 is 5.32 Å². The van der Waals surface area contributed by atoms with Gasteiger partial charge in [-0.05, 0) is 41.1 Å². The molecule has 0 aromatic heterocycles. The van der Waals surface area contributed by atoms with Crippen LogP contribution in [0, 0.1) is 5.82 Å². The molecule has 5 heteroatoms. The fraction of sp³-hybridized carbons (Fsp3) is 0.188. The van der Waals surface area contributed by atoms with Crippen LogP contribution in [0.4, 0.5) is 10.1 Å². The van der Waals surface area contributed by atoms with E-state index in [1.54, 1.807) is 31.2 Å². The van der Waals surface area contributed by atoms with Crippen molar-refractivity contribution in [1.82, 2.24) is 0 Å². The van der Waals surface area contributed by atoms with Crippen molar-refractivity contribution in [2.45, 2.75) is 13.0 Å². The second-order valence-corrected chi connectivity index (χ2v) is 5.19. The van der Waals surface area contributed by atoms with Crippen LogP contribution in [0.15, 0.2) is 53.0 Å². The molecule has 2 rings (SSSR count). The Morgan fingerprint density at radius 2 is 1.90 bits per heavy atom. The number of ether oxygens (including phenoxy) is 1. The van der Waals surface area contributed by atoms with E-state index < -0.39 is 17.8 Å². The van der Waals surface area contributed by atoms with E-state index in [1.165, 1.54) is 6.07 Å². The molecule has 110 valence electrons. The molecule has 0 spiro atoms. The van der Waals surface area contributed by atoms with Crippen LogP contribution >= 0.6 is 15.9 Å². The summed E-state index contributed by atoms with van der Waals surface area (Å²) in [5.41, 5.74) is 0.950. The second kappa shape index (κ2) is 7.22. The molecule has 3 nitrogen and oxygen atoms in total.